The molecule has 0 rings (SSSR count). The van der Waals surface area contributed by atoms with Gasteiger partial charge in [-0.15, -0.1) is 0 Å². The number of nitrogens with zero attached hydrogens (tertiary/aromatic N) is 1. The van der Waals surface area contributed by atoms with Gasteiger partial charge in [0, 0.05) is 18.3 Å². The summed E-state index contributed by atoms with van der Waals surface area (Å²) >= 11 is 0. The van der Waals surface area contributed by atoms with E-state index in [0.29, 0.717) is 11.0 Å². The molecule has 0 aliphatic rings. The molecule has 0 radical (unpaired) electrons. The lowest BCUT2D eigenvalue weighted by molar-refractivity contribution is -0.987. The zero-order chi connectivity index (χ0) is 25.1. The fraction of sp³-hybridized carbons (Fsp3) is 1.00. The van der Waals surface area contributed by atoms with E-state index in [9.17, 15) is 0 Å². The maximum Gasteiger partial charge on any atom is 0.105 e. The SMILES string of the molecule is CCCCC(CC)(CCCC)C(CCCC)(CCCC)[N+](CCCC)(CCCC)CCCC. The van der Waals surface area contributed by atoms with Crippen molar-refractivity contribution in [3.8, 4) is 0 Å². The Hall–Kier alpha value is -0.0400. The van der Waals surface area contributed by atoms with Crippen molar-refractivity contribution < 1.29 is 4.48 Å². The van der Waals surface area contributed by atoms with E-state index < -0.39 is 0 Å². The molecule has 0 aromatic rings. The van der Waals surface area contributed by atoms with Crippen molar-refractivity contribution in [3.63, 3.8) is 0 Å². The third-order valence-electron chi connectivity index (χ3n) is 9.30. The molecule has 0 bridgehead atoms. The molecule has 1 heteroatoms. The van der Waals surface area contributed by atoms with E-state index in [4.69, 9.17) is 0 Å². The lowest BCUT2D eigenvalue weighted by Crippen LogP contribution is -2.72. The maximum atomic E-state index is 2.59. The summed E-state index contributed by atoms with van der Waals surface area (Å²) in [5, 5.41) is 0. The first kappa shape index (κ1) is 33.0. The van der Waals surface area contributed by atoms with Gasteiger partial charge in [-0.05, 0) is 51.4 Å². The van der Waals surface area contributed by atoms with E-state index in [-0.39, 0.29) is 0 Å². The van der Waals surface area contributed by atoms with Crippen LogP contribution < -0.4 is 0 Å². The van der Waals surface area contributed by atoms with E-state index in [1.165, 1.54) is 146 Å². The fourth-order valence-corrected chi connectivity index (χ4v) is 7.23. The molecule has 0 atom stereocenters. The van der Waals surface area contributed by atoms with Crippen LogP contribution in [0.15, 0.2) is 0 Å². The molecule has 0 aromatic heterocycles. The third kappa shape index (κ3) is 9.16. The van der Waals surface area contributed by atoms with Gasteiger partial charge in [-0.25, -0.2) is 0 Å². The minimum absolute atomic E-state index is 0.470. The zero-order valence-electron chi connectivity index (χ0n) is 25.0. The summed E-state index contributed by atoms with van der Waals surface area (Å²) in [6.45, 7) is 23.9. The fourth-order valence-electron chi connectivity index (χ4n) is 7.23. The van der Waals surface area contributed by atoms with Crippen LogP contribution in [0.25, 0.3) is 0 Å². The van der Waals surface area contributed by atoms with E-state index in [1.807, 2.05) is 0 Å². The van der Waals surface area contributed by atoms with Crippen LogP contribution in [0.4, 0.5) is 0 Å². The number of rotatable bonds is 24. The van der Waals surface area contributed by atoms with Crippen molar-refractivity contribution in [2.75, 3.05) is 19.6 Å². The molecule has 1 nitrogen and oxygen atoms in total. The van der Waals surface area contributed by atoms with Crippen molar-refractivity contribution in [1.29, 1.82) is 0 Å². The molecular weight excluding hydrogens is 398 g/mol. The van der Waals surface area contributed by atoms with Gasteiger partial charge in [0.25, 0.3) is 0 Å². The summed E-state index contributed by atoms with van der Waals surface area (Å²) in [6, 6.07) is 0. The zero-order valence-corrected chi connectivity index (χ0v) is 25.0. The van der Waals surface area contributed by atoms with Crippen molar-refractivity contribution in [2.45, 2.75) is 183 Å². The highest BCUT2D eigenvalue weighted by Crippen LogP contribution is 2.56. The van der Waals surface area contributed by atoms with E-state index in [0.717, 1.165) is 0 Å². The second kappa shape index (κ2) is 19.2. The smallest absolute Gasteiger partial charge is 0.105 e. The molecule has 33 heavy (non-hydrogen) atoms. The molecule has 0 aliphatic heterocycles. The Balaban J connectivity index is 7.10. The van der Waals surface area contributed by atoms with E-state index in [1.54, 1.807) is 0 Å². The van der Waals surface area contributed by atoms with Gasteiger partial charge in [-0.1, -0.05) is 113 Å². The average Bonchev–Trinajstić information content (AvgIpc) is 2.85. The van der Waals surface area contributed by atoms with Gasteiger partial charge < -0.3 is 4.48 Å². The molecule has 0 heterocycles. The molecule has 0 N–H and O–H groups in total. The van der Waals surface area contributed by atoms with Gasteiger partial charge in [0.05, 0.1) is 19.6 Å². The molecule has 0 saturated carbocycles. The average molecular weight is 467 g/mol. The van der Waals surface area contributed by atoms with Crippen molar-refractivity contribution in [1.82, 2.24) is 0 Å². The first-order valence-corrected chi connectivity index (χ1v) is 15.8. The number of unbranched alkanes of at least 4 members (excludes halogenated alkanes) is 7. The predicted octanol–water partition coefficient (Wildman–Crippen LogP) is 11.1. The van der Waals surface area contributed by atoms with Crippen LogP contribution >= 0.6 is 0 Å². The topological polar surface area (TPSA) is 0 Å². The summed E-state index contributed by atoms with van der Waals surface area (Å²) in [6.07, 6.45) is 26.7. The van der Waals surface area contributed by atoms with Crippen LogP contribution in [0, 0.1) is 5.41 Å². The Labute approximate surface area is 212 Å². The van der Waals surface area contributed by atoms with E-state index in [2.05, 4.69) is 55.4 Å². The minimum atomic E-state index is 0.470. The van der Waals surface area contributed by atoms with Crippen molar-refractivity contribution in [3.05, 3.63) is 0 Å². The van der Waals surface area contributed by atoms with E-state index >= 15 is 0 Å². The Kier molecular flexibility index (Phi) is 19.2. The number of hydrogen-bond donors (Lipinski definition) is 0. The number of quaternary nitrogens is 1. The highest BCUT2D eigenvalue weighted by Gasteiger charge is 2.60. The van der Waals surface area contributed by atoms with Crippen LogP contribution in [0.2, 0.25) is 0 Å². The van der Waals surface area contributed by atoms with Crippen LogP contribution in [0.5, 0.6) is 0 Å². The van der Waals surface area contributed by atoms with Gasteiger partial charge in [0.2, 0.25) is 0 Å². The quantitative estimate of drug-likeness (QED) is 0.124. The minimum Gasteiger partial charge on any atom is -0.318 e. The van der Waals surface area contributed by atoms with Crippen LogP contribution in [0.1, 0.15) is 177 Å². The van der Waals surface area contributed by atoms with Crippen LogP contribution in [-0.4, -0.2) is 29.7 Å². The summed E-state index contributed by atoms with van der Waals surface area (Å²) in [7, 11) is 0. The second-order valence-corrected chi connectivity index (χ2v) is 11.5. The normalized spacial score (nSPS) is 13.1. The molecule has 200 valence electrons. The first-order chi connectivity index (χ1) is 16.0. The first-order valence-electron chi connectivity index (χ1n) is 15.8. The third-order valence-corrected chi connectivity index (χ3v) is 9.30. The van der Waals surface area contributed by atoms with Gasteiger partial charge >= 0.3 is 0 Å². The standard InChI is InChI=1S/C32H68N/c1-9-17-24-31(16-8,25-18-10-2)32(26-19-11-3,27-20-12-4)33(28-21-13-5,29-22-14-6)30-23-15-7/h9-30H2,1-8H3/q+1. The number of hydrogen-bond acceptors (Lipinski definition) is 0. The molecule has 0 saturated heterocycles. The monoisotopic (exact) mass is 467 g/mol. The van der Waals surface area contributed by atoms with Gasteiger partial charge in [0.1, 0.15) is 5.54 Å². The maximum absolute atomic E-state index is 2.59. The lowest BCUT2D eigenvalue weighted by atomic mass is 9.56. The molecule has 0 aliphatic carbocycles. The van der Waals surface area contributed by atoms with Gasteiger partial charge in [-0.3, -0.25) is 0 Å². The van der Waals surface area contributed by atoms with Crippen molar-refractivity contribution >= 4 is 0 Å². The van der Waals surface area contributed by atoms with Gasteiger partial charge in [0.15, 0.2) is 0 Å². The Morgan fingerprint density at radius 3 is 0.970 bits per heavy atom. The molecule has 0 spiro atoms. The summed E-state index contributed by atoms with van der Waals surface area (Å²) in [5.74, 6) is 0. The van der Waals surface area contributed by atoms with Crippen LogP contribution in [-0.2, 0) is 0 Å². The summed E-state index contributed by atoms with van der Waals surface area (Å²) < 4.78 is 1.46. The van der Waals surface area contributed by atoms with Crippen molar-refractivity contribution in [2.24, 2.45) is 5.41 Å². The molecule has 0 aromatic carbocycles. The Morgan fingerprint density at radius 2 is 0.697 bits per heavy atom. The Bertz CT molecular complexity index is 388. The molecule has 0 unspecified atom stereocenters. The van der Waals surface area contributed by atoms with Crippen LogP contribution in [0.3, 0.4) is 0 Å². The summed E-state index contributed by atoms with van der Waals surface area (Å²) in [4.78, 5) is 0. The Morgan fingerprint density at radius 1 is 0.394 bits per heavy atom. The molecule has 0 fully saturated rings. The highest BCUT2D eigenvalue weighted by atomic mass is 15.4. The largest absolute Gasteiger partial charge is 0.318 e. The summed E-state index contributed by atoms with van der Waals surface area (Å²) in [5.41, 5.74) is 0.982. The second-order valence-electron chi connectivity index (χ2n) is 11.5. The van der Waals surface area contributed by atoms with Gasteiger partial charge in [-0.2, -0.15) is 0 Å². The molecular formula is C32H68N+. The highest BCUT2D eigenvalue weighted by molar-refractivity contribution is 5.01. The lowest BCUT2D eigenvalue weighted by Gasteiger charge is -2.63. The predicted molar refractivity (Wildman–Crippen MR) is 153 cm³/mol. The molecule has 0 amide bonds.